The van der Waals surface area contributed by atoms with Gasteiger partial charge in [0.2, 0.25) is 0 Å². The van der Waals surface area contributed by atoms with Crippen LogP contribution in [0.1, 0.15) is 32.8 Å². The Morgan fingerprint density at radius 1 is 1.24 bits per heavy atom. The molecule has 0 saturated carbocycles. The highest BCUT2D eigenvalue weighted by molar-refractivity contribution is 5.27. The molecule has 0 bridgehead atoms. The topological polar surface area (TPSA) is 47.3 Å². The number of nitrogens with two attached hydrogens (primary N) is 1. The number of hydrogen-bond acceptors (Lipinski definition) is 3. The smallest absolute Gasteiger partial charge is 0.119 e. The molecular weight excluding hydrogens is 212 g/mol. The summed E-state index contributed by atoms with van der Waals surface area (Å²) in [7, 11) is 0. The Morgan fingerprint density at radius 2 is 1.88 bits per heavy atom. The summed E-state index contributed by atoms with van der Waals surface area (Å²) in [5, 5.41) is 3.51. The zero-order valence-corrected chi connectivity index (χ0v) is 11.1. The third-order valence-corrected chi connectivity index (χ3v) is 2.77. The Hall–Kier alpha value is -1.06. The maximum atomic E-state index is 5.58. The summed E-state index contributed by atoms with van der Waals surface area (Å²) in [6, 6.07) is 8.21. The van der Waals surface area contributed by atoms with E-state index in [1.807, 2.05) is 19.1 Å². The summed E-state index contributed by atoms with van der Waals surface area (Å²) in [4.78, 5) is 0. The van der Waals surface area contributed by atoms with Crippen LogP contribution in [0.25, 0.3) is 0 Å². The first-order valence-corrected chi connectivity index (χ1v) is 6.24. The zero-order valence-electron chi connectivity index (χ0n) is 11.1. The Balaban J connectivity index is 2.46. The maximum absolute atomic E-state index is 5.58. The van der Waals surface area contributed by atoms with Crippen LogP contribution >= 0.6 is 0 Å². The van der Waals surface area contributed by atoms with Gasteiger partial charge in [-0.15, -0.1) is 0 Å². The molecule has 0 unspecified atom stereocenters. The molecular formula is C14H24N2O. The number of hydrogen-bond donors (Lipinski definition) is 2. The molecule has 0 aliphatic carbocycles. The molecule has 0 aliphatic heterocycles. The van der Waals surface area contributed by atoms with Gasteiger partial charge in [-0.25, -0.2) is 0 Å². The molecule has 0 atom stereocenters. The molecule has 0 amide bonds. The molecule has 0 aromatic heterocycles. The average molecular weight is 236 g/mol. The predicted molar refractivity (Wildman–Crippen MR) is 72.2 cm³/mol. The van der Waals surface area contributed by atoms with Crippen LogP contribution in [0.15, 0.2) is 24.3 Å². The van der Waals surface area contributed by atoms with Crippen molar-refractivity contribution in [1.82, 2.24) is 5.32 Å². The Morgan fingerprint density at radius 3 is 2.41 bits per heavy atom. The van der Waals surface area contributed by atoms with Gasteiger partial charge < -0.3 is 15.8 Å². The van der Waals surface area contributed by atoms with Gasteiger partial charge in [-0.05, 0) is 51.4 Å². The fourth-order valence-electron chi connectivity index (χ4n) is 1.66. The first kappa shape index (κ1) is 14.0. The standard InChI is InChI=1S/C14H24N2O/c1-4-17-13-7-5-12(6-8-13)11-16-14(2,3)9-10-15/h5-8,16H,4,9-11,15H2,1-3H3. The van der Waals surface area contributed by atoms with E-state index >= 15 is 0 Å². The van der Waals surface area contributed by atoms with E-state index in [-0.39, 0.29) is 5.54 Å². The van der Waals surface area contributed by atoms with Crippen molar-refractivity contribution in [2.24, 2.45) is 5.73 Å². The van der Waals surface area contributed by atoms with Crippen molar-refractivity contribution < 1.29 is 4.74 Å². The van der Waals surface area contributed by atoms with Gasteiger partial charge in [-0.2, -0.15) is 0 Å². The second kappa shape index (κ2) is 6.62. The first-order valence-electron chi connectivity index (χ1n) is 6.24. The maximum Gasteiger partial charge on any atom is 0.119 e. The first-order chi connectivity index (χ1) is 8.07. The fraction of sp³-hybridized carbons (Fsp3) is 0.571. The fourth-order valence-corrected chi connectivity index (χ4v) is 1.66. The highest BCUT2D eigenvalue weighted by Crippen LogP contribution is 2.13. The quantitative estimate of drug-likeness (QED) is 0.763. The SMILES string of the molecule is CCOc1ccc(CNC(C)(C)CCN)cc1. The molecule has 1 aromatic rings. The zero-order chi connectivity index (χ0) is 12.7. The van der Waals surface area contributed by atoms with Crippen LogP contribution < -0.4 is 15.8 Å². The summed E-state index contributed by atoms with van der Waals surface area (Å²) in [6.07, 6.45) is 0.976. The van der Waals surface area contributed by atoms with Crippen LogP contribution in [-0.2, 0) is 6.54 Å². The van der Waals surface area contributed by atoms with E-state index in [0.717, 1.165) is 18.7 Å². The van der Waals surface area contributed by atoms with E-state index < -0.39 is 0 Å². The Kier molecular flexibility index (Phi) is 5.45. The van der Waals surface area contributed by atoms with Gasteiger partial charge in [0.05, 0.1) is 6.61 Å². The number of benzene rings is 1. The lowest BCUT2D eigenvalue weighted by atomic mass is 10.0. The van der Waals surface area contributed by atoms with E-state index in [1.54, 1.807) is 0 Å². The predicted octanol–water partition coefficient (Wildman–Crippen LogP) is 2.30. The van der Waals surface area contributed by atoms with Crippen LogP contribution in [0.3, 0.4) is 0 Å². The van der Waals surface area contributed by atoms with Crippen molar-refractivity contribution in [3.8, 4) is 5.75 Å². The van der Waals surface area contributed by atoms with Gasteiger partial charge in [0.1, 0.15) is 5.75 Å². The lowest BCUT2D eigenvalue weighted by Crippen LogP contribution is -2.40. The minimum absolute atomic E-state index is 0.0906. The number of nitrogens with one attached hydrogen (secondary N) is 1. The van der Waals surface area contributed by atoms with Crippen LogP contribution in [0.4, 0.5) is 0 Å². The molecule has 17 heavy (non-hydrogen) atoms. The molecule has 0 spiro atoms. The normalized spacial score (nSPS) is 11.5. The van der Waals surface area contributed by atoms with Gasteiger partial charge >= 0.3 is 0 Å². The molecule has 1 rings (SSSR count). The second-order valence-electron chi connectivity index (χ2n) is 4.85. The average Bonchev–Trinajstić information content (AvgIpc) is 2.29. The third-order valence-electron chi connectivity index (χ3n) is 2.77. The van der Waals surface area contributed by atoms with Crippen LogP contribution in [0, 0.1) is 0 Å². The molecule has 96 valence electrons. The van der Waals surface area contributed by atoms with E-state index in [2.05, 4.69) is 31.3 Å². The van der Waals surface area contributed by atoms with Crippen LogP contribution in [0.5, 0.6) is 5.75 Å². The molecule has 3 N–H and O–H groups in total. The van der Waals surface area contributed by atoms with Gasteiger partial charge in [0.25, 0.3) is 0 Å². The molecule has 0 radical (unpaired) electrons. The monoisotopic (exact) mass is 236 g/mol. The molecule has 0 fully saturated rings. The van der Waals surface area contributed by atoms with Crippen molar-refractivity contribution in [1.29, 1.82) is 0 Å². The number of rotatable bonds is 7. The summed E-state index contributed by atoms with van der Waals surface area (Å²) in [5.74, 6) is 0.928. The summed E-state index contributed by atoms with van der Waals surface area (Å²) in [6.45, 7) is 8.62. The van der Waals surface area contributed by atoms with Crippen molar-refractivity contribution in [2.75, 3.05) is 13.2 Å². The van der Waals surface area contributed by atoms with Gasteiger partial charge in [0, 0.05) is 12.1 Å². The van der Waals surface area contributed by atoms with Crippen molar-refractivity contribution >= 4 is 0 Å². The van der Waals surface area contributed by atoms with E-state index in [1.165, 1.54) is 5.56 Å². The molecule has 0 heterocycles. The summed E-state index contributed by atoms with van der Waals surface area (Å²) < 4.78 is 5.41. The van der Waals surface area contributed by atoms with E-state index in [9.17, 15) is 0 Å². The molecule has 0 saturated heterocycles. The Bertz CT molecular complexity index is 319. The summed E-state index contributed by atoms with van der Waals surface area (Å²) in [5.41, 5.74) is 6.93. The highest BCUT2D eigenvalue weighted by atomic mass is 16.5. The Labute approximate surface area is 104 Å². The lowest BCUT2D eigenvalue weighted by Gasteiger charge is -2.25. The van der Waals surface area contributed by atoms with Gasteiger partial charge in [0.15, 0.2) is 0 Å². The van der Waals surface area contributed by atoms with Crippen molar-refractivity contribution in [2.45, 2.75) is 39.3 Å². The summed E-state index contributed by atoms with van der Waals surface area (Å²) >= 11 is 0. The highest BCUT2D eigenvalue weighted by Gasteiger charge is 2.15. The minimum Gasteiger partial charge on any atom is -0.494 e. The lowest BCUT2D eigenvalue weighted by molar-refractivity contribution is 0.340. The van der Waals surface area contributed by atoms with Gasteiger partial charge in [-0.3, -0.25) is 0 Å². The van der Waals surface area contributed by atoms with E-state index in [0.29, 0.717) is 13.2 Å². The van der Waals surface area contributed by atoms with Crippen LogP contribution in [0.2, 0.25) is 0 Å². The third kappa shape index (κ3) is 5.20. The molecule has 3 nitrogen and oxygen atoms in total. The van der Waals surface area contributed by atoms with Crippen LogP contribution in [-0.4, -0.2) is 18.7 Å². The largest absolute Gasteiger partial charge is 0.494 e. The van der Waals surface area contributed by atoms with Crippen molar-refractivity contribution in [3.05, 3.63) is 29.8 Å². The molecule has 3 heteroatoms. The molecule has 0 aliphatic rings. The second-order valence-corrected chi connectivity index (χ2v) is 4.85. The van der Waals surface area contributed by atoms with Crippen molar-refractivity contribution in [3.63, 3.8) is 0 Å². The van der Waals surface area contributed by atoms with E-state index in [4.69, 9.17) is 10.5 Å². The molecule has 1 aromatic carbocycles. The number of ether oxygens (including phenoxy) is 1. The minimum atomic E-state index is 0.0906. The van der Waals surface area contributed by atoms with Gasteiger partial charge in [-0.1, -0.05) is 12.1 Å².